The predicted molar refractivity (Wildman–Crippen MR) is 67.7 cm³/mol. The molecule has 0 radical (unpaired) electrons. The zero-order valence-corrected chi connectivity index (χ0v) is 10.7. The summed E-state index contributed by atoms with van der Waals surface area (Å²) in [4.78, 5) is 27.6. The van der Waals surface area contributed by atoms with Gasteiger partial charge in [-0.1, -0.05) is 0 Å². The summed E-state index contributed by atoms with van der Waals surface area (Å²) in [6.45, 7) is 3.13. The van der Waals surface area contributed by atoms with Crippen molar-refractivity contribution in [3.63, 3.8) is 0 Å². The molecule has 1 aliphatic heterocycles. The molecule has 0 saturated carbocycles. The van der Waals surface area contributed by atoms with Crippen molar-refractivity contribution in [3.05, 3.63) is 33.7 Å². The Labute approximate surface area is 106 Å². The second-order valence-corrected chi connectivity index (χ2v) is 4.76. The van der Waals surface area contributed by atoms with Crippen LogP contribution in [-0.4, -0.2) is 42.1 Å². The molecule has 1 aromatic rings. The van der Waals surface area contributed by atoms with Crippen molar-refractivity contribution in [1.29, 1.82) is 0 Å². The molecular weight excluding hydrogens is 232 g/mol. The molecule has 1 saturated heterocycles. The van der Waals surface area contributed by atoms with Gasteiger partial charge in [-0.25, -0.2) is 0 Å². The minimum Gasteiger partial charge on any atom is -0.376 e. The summed E-state index contributed by atoms with van der Waals surface area (Å²) in [6.07, 6.45) is 2.16. The van der Waals surface area contributed by atoms with E-state index in [-0.39, 0.29) is 17.6 Å². The fraction of sp³-hybridized carbons (Fsp3) is 0.538. The standard InChI is InChI=1S/C13H18N2O3/c1-9-6-11(14-12(16)7-9)13(17)15(2)8-10-4-3-5-18-10/h6-7,10H,3-5,8H2,1-2H3,(H,14,16)/t10-/m1/s1. The molecule has 2 heterocycles. The summed E-state index contributed by atoms with van der Waals surface area (Å²) < 4.78 is 5.49. The minimum absolute atomic E-state index is 0.121. The van der Waals surface area contributed by atoms with E-state index in [4.69, 9.17) is 4.74 Å². The largest absolute Gasteiger partial charge is 0.376 e. The first-order valence-electron chi connectivity index (χ1n) is 6.14. The van der Waals surface area contributed by atoms with Gasteiger partial charge in [0.15, 0.2) is 0 Å². The van der Waals surface area contributed by atoms with Crippen LogP contribution < -0.4 is 5.56 Å². The lowest BCUT2D eigenvalue weighted by Crippen LogP contribution is -2.35. The lowest BCUT2D eigenvalue weighted by atomic mass is 10.2. The number of pyridine rings is 1. The van der Waals surface area contributed by atoms with Gasteiger partial charge in [0.1, 0.15) is 5.69 Å². The molecule has 0 unspecified atom stereocenters. The van der Waals surface area contributed by atoms with Gasteiger partial charge in [0.25, 0.3) is 5.91 Å². The highest BCUT2D eigenvalue weighted by molar-refractivity contribution is 5.92. The van der Waals surface area contributed by atoms with Gasteiger partial charge in [0.05, 0.1) is 6.10 Å². The summed E-state index contributed by atoms with van der Waals surface area (Å²) >= 11 is 0. The molecule has 18 heavy (non-hydrogen) atoms. The highest BCUT2D eigenvalue weighted by Crippen LogP contribution is 2.13. The predicted octanol–water partition coefficient (Wildman–Crippen LogP) is 0.934. The molecule has 0 aromatic carbocycles. The molecular formula is C13H18N2O3. The molecule has 0 aliphatic carbocycles. The molecule has 5 heteroatoms. The van der Waals surface area contributed by atoms with E-state index in [9.17, 15) is 9.59 Å². The maximum Gasteiger partial charge on any atom is 0.270 e. The summed E-state index contributed by atoms with van der Waals surface area (Å²) in [5.41, 5.74) is 0.872. The number of rotatable bonds is 3. The van der Waals surface area contributed by atoms with Crippen LogP contribution in [0.2, 0.25) is 0 Å². The Morgan fingerprint density at radius 2 is 2.33 bits per heavy atom. The van der Waals surface area contributed by atoms with Gasteiger partial charge in [0, 0.05) is 26.3 Å². The number of ether oxygens (including phenoxy) is 1. The number of hydrogen-bond donors (Lipinski definition) is 1. The quantitative estimate of drug-likeness (QED) is 0.868. The molecule has 2 rings (SSSR count). The van der Waals surface area contributed by atoms with Crippen LogP contribution in [0, 0.1) is 6.92 Å². The van der Waals surface area contributed by atoms with E-state index in [2.05, 4.69) is 4.98 Å². The number of hydrogen-bond acceptors (Lipinski definition) is 3. The molecule has 0 bridgehead atoms. The van der Waals surface area contributed by atoms with Crippen LogP contribution in [0.4, 0.5) is 0 Å². The van der Waals surface area contributed by atoms with Crippen molar-refractivity contribution in [2.75, 3.05) is 20.2 Å². The Kier molecular flexibility index (Phi) is 3.81. The van der Waals surface area contributed by atoms with E-state index >= 15 is 0 Å². The third-order valence-electron chi connectivity index (χ3n) is 3.07. The summed E-state index contributed by atoms with van der Waals surface area (Å²) in [7, 11) is 1.73. The molecule has 1 N–H and O–H groups in total. The van der Waals surface area contributed by atoms with E-state index < -0.39 is 0 Å². The van der Waals surface area contributed by atoms with Crippen molar-refractivity contribution in [1.82, 2.24) is 9.88 Å². The van der Waals surface area contributed by atoms with Crippen molar-refractivity contribution in [2.45, 2.75) is 25.9 Å². The lowest BCUT2D eigenvalue weighted by Gasteiger charge is -2.20. The SMILES string of the molecule is Cc1cc(C(=O)N(C)C[C@H]2CCCO2)[nH]c(=O)c1. The topological polar surface area (TPSA) is 62.4 Å². The molecule has 1 amide bonds. The number of aromatic amines is 1. The van der Waals surface area contributed by atoms with Crippen LogP contribution in [0.1, 0.15) is 28.9 Å². The fourth-order valence-corrected chi connectivity index (χ4v) is 2.18. The number of nitrogens with zero attached hydrogens (tertiary/aromatic N) is 1. The first kappa shape index (κ1) is 12.8. The van der Waals surface area contributed by atoms with Crippen molar-refractivity contribution < 1.29 is 9.53 Å². The summed E-state index contributed by atoms with van der Waals surface area (Å²) in [5, 5.41) is 0. The van der Waals surface area contributed by atoms with Crippen LogP contribution in [0.15, 0.2) is 16.9 Å². The van der Waals surface area contributed by atoms with Gasteiger partial charge in [-0.05, 0) is 31.4 Å². The van der Waals surface area contributed by atoms with Gasteiger partial charge in [-0.2, -0.15) is 0 Å². The molecule has 1 aromatic heterocycles. The van der Waals surface area contributed by atoms with Crippen LogP contribution in [0.5, 0.6) is 0 Å². The molecule has 1 aliphatic rings. The van der Waals surface area contributed by atoms with Crippen LogP contribution in [-0.2, 0) is 4.74 Å². The summed E-state index contributed by atoms with van der Waals surface area (Å²) in [6, 6.07) is 3.16. The monoisotopic (exact) mass is 250 g/mol. The van der Waals surface area contributed by atoms with Crippen molar-refractivity contribution in [3.8, 4) is 0 Å². The Hall–Kier alpha value is -1.62. The Morgan fingerprint density at radius 1 is 1.56 bits per heavy atom. The number of aryl methyl sites for hydroxylation is 1. The van der Waals surface area contributed by atoms with Crippen LogP contribution >= 0.6 is 0 Å². The van der Waals surface area contributed by atoms with Crippen molar-refractivity contribution in [2.24, 2.45) is 0 Å². The van der Waals surface area contributed by atoms with Crippen LogP contribution in [0.3, 0.4) is 0 Å². The van der Waals surface area contributed by atoms with E-state index in [1.165, 1.54) is 6.07 Å². The molecule has 0 spiro atoms. The van der Waals surface area contributed by atoms with Crippen molar-refractivity contribution >= 4 is 5.91 Å². The second kappa shape index (κ2) is 5.35. The number of nitrogens with one attached hydrogen (secondary N) is 1. The highest BCUT2D eigenvalue weighted by atomic mass is 16.5. The number of H-pyrrole nitrogens is 1. The maximum absolute atomic E-state index is 12.1. The van der Waals surface area contributed by atoms with Gasteiger partial charge in [-0.3, -0.25) is 9.59 Å². The normalized spacial score (nSPS) is 18.9. The molecule has 5 nitrogen and oxygen atoms in total. The molecule has 1 fully saturated rings. The Balaban J connectivity index is 2.07. The van der Waals surface area contributed by atoms with Gasteiger partial charge in [-0.15, -0.1) is 0 Å². The zero-order valence-electron chi connectivity index (χ0n) is 10.7. The number of carbonyl (C=O) groups excluding carboxylic acids is 1. The first-order chi connectivity index (χ1) is 8.56. The average Bonchev–Trinajstić information content (AvgIpc) is 2.79. The lowest BCUT2D eigenvalue weighted by molar-refractivity contribution is 0.0582. The van der Waals surface area contributed by atoms with E-state index in [1.54, 1.807) is 24.9 Å². The minimum atomic E-state index is -0.246. The number of likely N-dealkylation sites (N-methyl/N-ethyl adjacent to an activating group) is 1. The number of aromatic nitrogens is 1. The smallest absolute Gasteiger partial charge is 0.270 e. The van der Waals surface area contributed by atoms with E-state index in [0.717, 1.165) is 25.0 Å². The maximum atomic E-state index is 12.1. The fourth-order valence-electron chi connectivity index (χ4n) is 2.18. The average molecular weight is 250 g/mol. The van der Waals surface area contributed by atoms with E-state index in [0.29, 0.717) is 12.2 Å². The third-order valence-corrected chi connectivity index (χ3v) is 3.07. The zero-order chi connectivity index (χ0) is 13.1. The summed E-state index contributed by atoms with van der Waals surface area (Å²) in [5.74, 6) is -0.175. The highest BCUT2D eigenvalue weighted by Gasteiger charge is 2.21. The first-order valence-corrected chi connectivity index (χ1v) is 6.14. The van der Waals surface area contributed by atoms with E-state index in [1.807, 2.05) is 0 Å². The van der Waals surface area contributed by atoms with Gasteiger partial charge in [0.2, 0.25) is 5.56 Å². The Morgan fingerprint density at radius 3 is 2.94 bits per heavy atom. The number of carbonyl (C=O) groups is 1. The van der Waals surface area contributed by atoms with Crippen LogP contribution in [0.25, 0.3) is 0 Å². The van der Waals surface area contributed by atoms with Gasteiger partial charge < -0.3 is 14.6 Å². The molecule has 1 atom stereocenters. The second-order valence-electron chi connectivity index (χ2n) is 4.76. The Bertz CT molecular complexity index is 489. The third kappa shape index (κ3) is 2.98. The van der Waals surface area contributed by atoms with Gasteiger partial charge >= 0.3 is 0 Å². The molecule has 98 valence electrons. The number of amides is 1.